The number of rotatable bonds is 8. The van der Waals surface area contributed by atoms with Crippen LogP contribution < -0.4 is 19.1 Å². The van der Waals surface area contributed by atoms with Crippen LogP contribution in [0.2, 0.25) is 0 Å². The van der Waals surface area contributed by atoms with E-state index in [1.165, 1.54) is 16.2 Å². The van der Waals surface area contributed by atoms with Gasteiger partial charge >= 0.3 is 5.91 Å². The van der Waals surface area contributed by atoms with Crippen LogP contribution in [0.4, 0.5) is 5.13 Å². The lowest BCUT2D eigenvalue weighted by molar-refractivity contribution is -0.132. The minimum Gasteiger partial charge on any atom is -0.507 e. The predicted octanol–water partition coefficient (Wildman–Crippen LogP) is 5.73. The van der Waals surface area contributed by atoms with Crippen molar-refractivity contribution in [1.29, 1.82) is 0 Å². The van der Waals surface area contributed by atoms with Crippen LogP contribution in [0.3, 0.4) is 0 Å². The van der Waals surface area contributed by atoms with Gasteiger partial charge in [-0.2, -0.15) is 0 Å². The van der Waals surface area contributed by atoms with E-state index in [2.05, 4.69) is 4.98 Å². The molecule has 0 bridgehead atoms. The number of benzene rings is 3. The van der Waals surface area contributed by atoms with Crippen LogP contribution in [-0.4, -0.2) is 42.1 Å². The molecule has 1 fully saturated rings. The molecule has 1 N–H and O–H groups in total. The van der Waals surface area contributed by atoms with Gasteiger partial charge in [0.15, 0.2) is 5.13 Å². The molecule has 0 unspecified atom stereocenters. The van der Waals surface area contributed by atoms with Gasteiger partial charge in [0.25, 0.3) is 5.78 Å². The lowest BCUT2D eigenvalue weighted by Crippen LogP contribution is -2.29. The molecule has 0 saturated carbocycles. The zero-order chi connectivity index (χ0) is 26.8. The number of Topliss-reactive ketones (excluding diaryl/α,β-unsaturated/α-hetero) is 1. The van der Waals surface area contributed by atoms with Crippen LogP contribution in [0.15, 0.2) is 72.3 Å². The molecule has 8 nitrogen and oxygen atoms in total. The molecule has 1 atom stereocenters. The third kappa shape index (κ3) is 4.56. The molecule has 0 spiro atoms. The van der Waals surface area contributed by atoms with E-state index < -0.39 is 17.7 Å². The number of carbonyl (C=O) groups excluding carboxylic acids is 2. The van der Waals surface area contributed by atoms with Crippen LogP contribution in [0.5, 0.6) is 17.2 Å². The summed E-state index contributed by atoms with van der Waals surface area (Å²) in [5.74, 6) is 0.141. The van der Waals surface area contributed by atoms with Crippen molar-refractivity contribution in [2.45, 2.75) is 19.9 Å². The van der Waals surface area contributed by atoms with Crippen LogP contribution in [0.25, 0.3) is 16.0 Å². The van der Waals surface area contributed by atoms with Gasteiger partial charge in [0.05, 0.1) is 42.2 Å². The van der Waals surface area contributed by atoms with E-state index in [9.17, 15) is 14.7 Å². The average molecular weight is 531 g/mol. The van der Waals surface area contributed by atoms with Crippen molar-refractivity contribution in [3.05, 3.63) is 83.4 Å². The zero-order valence-corrected chi connectivity index (χ0v) is 22.0. The molecule has 0 aliphatic carbocycles. The third-order valence-corrected chi connectivity index (χ3v) is 7.20. The summed E-state index contributed by atoms with van der Waals surface area (Å²) in [6.45, 7) is 4.78. The van der Waals surface area contributed by atoms with Crippen molar-refractivity contribution in [3.8, 4) is 17.2 Å². The molecule has 1 saturated heterocycles. The molecular formula is C29H26N2O6S. The highest BCUT2D eigenvalue weighted by atomic mass is 32.1. The lowest BCUT2D eigenvalue weighted by atomic mass is 9.95. The maximum Gasteiger partial charge on any atom is 0.301 e. The zero-order valence-electron chi connectivity index (χ0n) is 21.1. The van der Waals surface area contributed by atoms with Crippen LogP contribution >= 0.6 is 11.3 Å². The molecule has 2 heterocycles. The number of carbonyl (C=O) groups is 2. The summed E-state index contributed by atoms with van der Waals surface area (Å²) in [6, 6.07) is 18.4. The Bertz CT molecular complexity index is 1530. The quantitative estimate of drug-likeness (QED) is 0.177. The summed E-state index contributed by atoms with van der Waals surface area (Å²) in [5.41, 5.74) is 1.69. The maximum absolute atomic E-state index is 13.5. The standard InChI is InChI=1S/C29H26N2O6S/c1-4-36-19-10-6-17(7-11-19)25-24(26(32)18-8-12-20(13-9-18)37-5-2)27(33)28(34)31(25)29-30-22-15-14-21(35-3)16-23(22)38-29/h6-16,25,32H,4-5H2,1-3H3/b26-24+/t25-/m1/s1. The van der Waals surface area contributed by atoms with Gasteiger partial charge in [-0.05, 0) is 74.0 Å². The van der Waals surface area contributed by atoms with Crippen LogP contribution in [0, 0.1) is 0 Å². The summed E-state index contributed by atoms with van der Waals surface area (Å²) < 4.78 is 17.2. The number of ether oxygens (including phenoxy) is 3. The molecule has 3 aromatic carbocycles. The first-order valence-corrected chi connectivity index (χ1v) is 13.0. The van der Waals surface area contributed by atoms with E-state index in [4.69, 9.17) is 14.2 Å². The lowest BCUT2D eigenvalue weighted by Gasteiger charge is -2.23. The van der Waals surface area contributed by atoms with E-state index in [-0.39, 0.29) is 11.3 Å². The number of hydrogen-bond acceptors (Lipinski definition) is 8. The smallest absolute Gasteiger partial charge is 0.301 e. The molecule has 4 aromatic rings. The first kappa shape index (κ1) is 25.3. The molecule has 38 heavy (non-hydrogen) atoms. The van der Waals surface area contributed by atoms with Gasteiger partial charge in [0.2, 0.25) is 0 Å². The van der Waals surface area contributed by atoms with E-state index in [0.29, 0.717) is 52.2 Å². The number of aromatic nitrogens is 1. The molecule has 1 aliphatic rings. The van der Waals surface area contributed by atoms with Crippen molar-refractivity contribution in [2.75, 3.05) is 25.2 Å². The first-order valence-electron chi connectivity index (χ1n) is 12.2. The van der Waals surface area contributed by atoms with E-state index >= 15 is 0 Å². The molecule has 1 amide bonds. The van der Waals surface area contributed by atoms with Gasteiger partial charge in [-0.3, -0.25) is 14.5 Å². The molecule has 5 rings (SSSR count). The Kier molecular flexibility index (Phi) is 7.02. The number of methoxy groups -OCH3 is 1. The number of amides is 1. The van der Waals surface area contributed by atoms with Crippen LogP contribution in [0.1, 0.15) is 31.0 Å². The van der Waals surface area contributed by atoms with Gasteiger partial charge < -0.3 is 19.3 Å². The topological polar surface area (TPSA) is 98.2 Å². The van der Waals surface area contributed by atoms with Crippen molar-refractivity contribution in [3.63, 3.8) is 0 Å². The second-order valence-electron chi connectivity index (χ2n) is 8.46. The number of fused-ring (bicyclic) bond motifs is 1. The van der Waals surface area contributed by atoms with Crippen molar-refractivity contribution in [1.82, 2.24) is 4.98 Å². The van der Waals surface area contributed by atoms with E-state index in [1.54, 1.807) is 67.8 Å². The Morgan fingerprint density at radius 2 is 1.53 bits per heavy atom. The normalized spacial score (nSPS) is 16.7. The fourth-order valence-corrected chi connectivity index (χ4v) is 5.43. The summed E-state index contributed by atoms with van der Waals surface area (Å²) in [4.78, 5) is 32.9. The van der Waals surface area contributed by atoms with E-state index in [0.717, 1.165) is 4.70 Å². The van der Waals surface area contributed by atoms with Gasteiger partial charge in [-0.15, -0.1) is 0 Å². The van der Waals surface area contributed by atoms with Gasteiger partial charge in [-0.25, -0.2) is 4.98 Å². The molecule has 0 radical (unpaired) electrons. The second kappa shape index (κ2) is 10.5. The molecule has 1 aromatic heterocycles. The van der Waals surface area contributed by atoms with Crippen molar-refractivity contribution in [2.24, 2.45) is 0 Å². The maximum atomic E-state index is 13.5. The van der Waals surface area contributed by atoms with Gasteiger partial charge in [0.1, 0.15) is 23.0 Å². The molecular weight excluding hydrogens is 504 g/mol. The SMILES string of the molecule is CCOc1ccc(/C(O)=C2\C(=O)C(=O)N(c3nc4ccc(OC)cc4s3)[C@@H]2c2ccc(OCC)cc2)cc1. The highest BCUT2D eigenvalue weighted by Crippen LogP contribution is 2.45. The monoisotopic (exact) mass is 530 g/mol. The number of thiazole rings is 1. The van der Waals surface area contributed by atoms with Gasteiger partial charge in [-0.1, -0.05) is 23.5 Å². The Labute approximate surface area is 223 Å². The Morgan fingerprint density at radius 1 is 0.921 bits per heavy atom. The largest absolute Gasteiger partial charge is 0.507 e. The minimum absolute atomic E-state index is 0.0137. The number of aliphatic hydroxyl groups excluding tert-OH is 1. The Hall–Kier alpha value is -4.37. The van der Waals surface area contributed by atoms with Crippen LogP contribution in [-0.2, 0) is 9.59 Å². The molecule has 9 heteroatoms. The average Bonchev–Trinajstić information content (AvgIpc) is 3.47. The summed E-state index contributed by atoms with van der Waals surface area (Å²) in [6.07, 6.45) is 0. The number of hydrogen-bond donors (Lipinski definition) is 1. The fourth-order valence-electron chi connectivity index (χ4n) is 4.41. The highest BCUT2D eigenvalue weighted by Gasteiger charge is 2.48. The number of nitrogens with zero attached hydrogens (tertiary/aromatic N) is 2. The summed E-state index contributed by atoms with van der Waals surface area (Å²) >= 11 is 1.27. The van der Waals surface area contributed by atoms with Crippen molar-refractivity contribution >= 4 is 44.1 Å². The predicted molar refractivity (Wildman–Crippen MR) is 146 cm³/mol. The van der Waals surface area contributed by atoms with E-state index in [1.807, 2.05) is 19.9 Å². The number of ketones is 1. The highest BCUT2D eigenvalue weighted by molar-refractivity contribution is 7.22. The number of anilines is 1. The summed E-state index contributed by atoms with van der Waals surface area (Å²) in [7, 11) is 1.58. The van der Waals surface area contributed by atoms with Crippen molar-refractivity contribution < 1.29 is 28.9 Å². The third-order valence-electron chi connectivity index (χ3n) is 6.18. The first-order chi connectivity index (χ1) is 18.4. The summed E-state index contributed by atoms with van der Waals surface area (Å²) in [5, 5.41) is 11.7. The molecule has 1 aliphatic heterocycles. The number of aliphatic hydroxyl groups is 1. The molecule has 194 valence electrons. The fraction of sp³-hybridized carbons (Fsp3) is 0.207. The Balaban J connectivity index is 1.66. The Morgan fingerprint density at radius 3 is 2.13 bits per heavy atom. The minimum atomic E-state index is -0.889. The van der Waals surface area contributed by atoms with Gasteiger partial charge in [0, 0.05) is 5.56 Å². The second-order valence-corrected chi connectivity index (χ2v) is 9.47.